The first-order chi connectivity index (χ1) is 11.3. The third-order valence-electron chi connectivity index (χ3n) is 5.19. The molecule has 1 aromatic carbocycles. The first-order valence-electron chi connectivity index (χ1n) is 8.75. The van der Waals surface area contributed by atoms with Gasteiger partial charge in [0.1, 0.15) is 0 Å². The smallest absolute Gasteiger partial charge is 0.0933 e. The number of nitrogens with zero attached hydrogens (tertiary/aromatic N) is 3. The monoisotopic (exact) mass is 311 g/mol. The van der Waals surface area contributed by atoms with Gasteiger partial charge in [-0.15, -0.1) is 0 Å². The van der Waals surface area contributed by atoms with Crippen LogP contribution >= 0.6 is 0 Å². The maximum Gasteiger partial charge on any atom is 0.0933 e. The Labute approximate surface area is 138 Å². The van der Waals surface area contributed by atoms with E-state index < -0.39 is 0 Å². The van der Waals surface area contributed by atoms with E-state index >= 15 is 0 Å². The topological polar surface area (TPSA) is 30.3 Å². The predicted octanol–water partition coefficient (Wildman–Crippen LogP) is 3.46. The third-order valence-corrected chi connectivity index (χ3v) is 5.19. The molecule has 4 nitrogen and oxygen atoms in total. The average molecular weight is 311 g/mol. The van der Waals surface area contributed by atoms with Crippen molar-refractivity contribution in [2.45, 2.75) is 51.4 Å². The summed E-state index contributed by atoms with van der Waals surface area (Å²) < 4.78 is 8.04. The van der Waals surface area contributed by atoms with Gasteiger partial charge in [-0.05, 0) is 25.3 Å². The van der Waals surface area contributed by atoms with Crippen LogP contribution in [0, 0.1) is 6.92 Å². The van der Waals surface area contributed by atoms with Crippen LogP contribution in [0.2, 0.25) is 0 Å². The van der Waals surface area contributed by atoms with Gasteiger partial charge in [0.2, 0.25) is 0 Å². The molecule has 1 saturated carbocycles. The molecule has 122 valence electrons. The van der Waals surface area contributed by atoms with Crippen LogP contribution in [-0.4, -0.2) is 40.0 Å². The van der Waals surface area contributed by atoms with Crippen molar-refractivity contribution in [3.8, 4) is 11.1 Å². The van der Waals surface area contributed by atoms with Crippen molar-refractivity contribution in [3.05, 3.63) is 42.2 Å². The second-order valence-corrected chi connectivity index (χ2v) is 6.85. The summed E-state index contributed by atoms with van der Waals surface area (Å²) in [6.45, 7) is 4.86. The maximum absolute atomic E-state index is 5.96. The zero-order valence-electron chi connectivity index (χ0n) is 13.8. The van der Waals surface area contributed by atoms with Gasteiger partial charge in [0.25, 0.3) is 0 Å². The van der Waals surface area contributed by atoms with E-state index in [0.717, 1.165) is 19.8 Å². The van der Waals surface area contributed by atoms with Crippen molar-refractivity contribution < 1.29 is 4.74 Å². The Bertz CT molecular complexity index is 647. The summed E-state index contributed by atoms with van der Waals surface area (Å²) in [4.78, 5) is 2.55. The highest BCUT2D eigenvalue weighted by molar-refractivity contribution is 5.61. The van der Waals surface area contributed by atoms with Crippen LogP contribution < -0.4 is 0 Å². The minimum Gasteiger partial charge on any atom is -0.375 e. The van der Waals surface area contributed by atoms with Crippen LogP contribution in [0.3, 0.4) is 0 Å². The Morgan fingerprint density at radius 1 is 1.13 bits per heavy atom. The van der Waals surface area contributed by atoms with E-state index in [1.165, 1.54) is 42.4 Å². The lowest BCUT2D eigenvalue weighted by Crippen LogP contribution is -2.52. The fourth-order valence-electron chi connectivity index (χ4n) is 3.87. The number of hydrogen-bond donors (Lipinski definition) is 0. The summed E-state index contributed by atoms with van der Waals surface area (Å²) >= 11 is 0. The Kier molecular flexibility index (Phi) is 4.19. The fourth-order valence-corrected chi connectivity index (χ4v) is 3.87. The molecule has 2 atom stereocenters. The lowest BCUT2D eigenvalue weighted by atomic mass is 9.90. The molecule has 1 saturated heterocycles. The van der Waals surface area contributed by atoms with Crippen LogP contribution in [-0.2, 0) is 11.4 Å². The normalized spacial score (nSPS) is 25.3. The molecule has 0 radical (unpaired) electrons. The van der Waals surface area contributed by atoms with Gasteiger partial charge < -0.3 is 4.74 Å². The molecule has 2 aliphatic rings. The third kappa shape index (κ3) is 3.19. The first-order valence-corrected chi connectivity index (χ1v) is 8.75. The van der Waals surface area contributed by atoms with E-state index in [9.17, 15) is 0 Å². The largest absolute Gasteiger partial charge is 0.375 e. The Morgan fingerprint density at radius 3 is 2.83 bits per heavy atom. The molecule has 0 spiro atoms. The molecule has 0 amide bonds. The fraction of sp³-hybridized carbons (Fsp3) is 0.526. The lowest BCUT2D eigenvalue weighted by molar-refractivity contribution is -0.0991. The molecule has 2 heterocycles. The molecule has 4 heteroatoms. The number of benzene rings is 1. The second-order valence-electron chi connectivity index (χ2n) is 6.85. The van der Waals surface area contributed by atoms with E-state index in [0.29, 0.717) is 12.1 Å². The van der Waals surface area contributed by atoms with Gasteiger partial charge in [-0.3, -0.25) is 9.58 Å². The van der Waals surface area contributed by atoms with Gasteiger partial charge in [-0.1, -0.05) is 42.7 Å². The van der Waals surface area contributed by atoms with Crippen LogP contribution in [0.25, 0.3) is 11.1 Å². The Morgan fingerprint density at radius 2 is 1.96 bits per heavy atom. The average Bonchev–Trinajstić information content (AvgIpc) is 3.04. The molecule has 23 heavy (non-hydrogen) atoms. The van der Waals surface area contributed by atoms with Gasteiger partial charge in [-0.25, -0.2) is 0 Å². The van der Waals surface area contributed by atoms with Crippen LogP contribution in [0.5, 0.6) is 0 Å². The highest BCUT2D eigenvalue weighted by atomic mass is 16.5. The zero-order valence-corrected chi connectivity index (χ0v) is 13.8. The van der Waals surface area contributed by atoms with Gasteiger partial charge in [-0.2, -0.15) is 5.10 Å². The van der Waals surface area contributed by atoms with E-state index in [1.54, 1.807) is 0 Å². The van der Waals surface area contributed by atoms with E-state index in [4.69, 9.17) is 4.74 Å². The number of aromatic nitrogens is 2. The lowest BCUT2D eigenvalue weighted by Gasteiger charge is -2.43. The number of rotatable bonds is 3. The molecule has 1 aromatic heterocycles. The highest BCUT2D eigenvalue weighted by Gasteiger charge is 2.34. The Balaban J connectivity index is 1.47. The van der Waals surface area contributed by atoms with Crippen molar-refractivity contribution in [2.75, 3.05) is 13.2 Å². The van der Waals surface area contributed by atoms with Crippen molar-refractivity contribution in [2.24, 2.45) is 0 Å². The minimum atomic E-state index is 0.435. The molecule has 2 aromatic rings. The van der Waals surface area contributed by atoms with E-state index in [1.807, 2.05) is 6.20 Å². The number of hydrogen-bond acceptors (Lipinski definition) is 3. The van der Waals surface area contributed by atoms with Gasteiger partial charge >= 0.3 is 0 Å². The molecule has 0 N–H and O–H groups in total. The SMILES string of the molecule is Cc1ccc(-c2cnn(CN3CCO[C@@H]4CCCC[C@@H]43)c2)cc1. The summed E-state index contributed by atoms with van der Waals surface area (Å²) in [5, 5.41) is 4.58. The molecule has 0 bridgehead atoms. The van der Waals surface area contributed by atoms with Crippen molar-refractivity contribution in [3.63, 3.8) is 0 Å². The summed E-state index contributed by atoms with van der Waals surface area (Å²) in [6, 6.07) is 9.22. The van der Waals surface area contributed by atoms with Crippen LogP contribution in [0.4, 0.5) is 0 Å². The molecular formula is C19H25N3O. The quantitative estimate of drug-likeness (QED) is 0.869. The zero-order chi connectivity index (χ0) is 15.6. The van der Waals surface area contributed by atoms with Crippen molar-refractivity contribution in [1.82, 2.24) is 14.7 Å². The number of aryl methyl sites for hydroxylation is 1. The highest BCUT2D eigenvalue weighted by Crippen LogP contribution is 2.29. The van der Waals surface area contributed by atoms with E-state index in [2.05, 4.69) is 52.1 Å². The molecule has 4 rings (SSSR count). The summed E-state index contributed by atoms with van der Waals surface area (Å²) in [5.41, 5.74) is 3.72. The number of morpholine rings is 1. The molecular weight excluding hydrogens is 286 g/mol. The predicted molar refractivity (Wildman–Crippen MR) is 91.1 cm³/mol. The van der Waals surface area contributed by atoms with E-state index in [-0.39, 0.29) is 0 Å². The van der Waals surface area contributed by atoms with Crippen LogP contribution in [0.15, 0.2) is 36.7 Å². The molecule has 1 aliphatic heterocycles. The maximum atomic E-state index is 5.96. The van der Waals surface area contributed by atoms with Crippen molar-refractivity contribution >= 4 is 0 Å². The van der Waals surface area contributed by atoms with Crippen LogP contribution in [0.1, 0.15) is 31.2 Å². The van der Waals surface area contributed by atoms with Crippen molar-refractivity contribution in [1.29, 1.82) is 0 Å². The summed E-state index contributed by atoms with van der Waals surface area (Å²) in [5.74, 6) is 0. The van der Waals surface area contributed by atoms with Gasteiger partial charge in [0.05, 0.1) is 25.6 Å². The molecule has 0 unspecified atom stereocenters. The summed E-state index contributed by atoms with van der Waals surface area (Å²) in [7, 11) is 0. The molecule has 2 fully saturated rings. The minimum absolute atomic E-state index is 0.435. The number of ether oxygens (including phenoxy) is 1. The standard InChI is InChI=1S/C19H25N3O/c1-15-6-8-16(9-7-15)17-12-20-22(13-17)14-21-10-11-23-19-5-3-2-4-18(19)21/h6-9,12-13,18-19H,2-5,10-11,14H2,1H3/t18-,19+/m0/s1. The van der Waals surface area contributed by atoms with Gasteiger partial charge in [0, 0.05) is 24.3 Å². The Hall–Kier alpha value is -1.65. The first kappa shape index (κ1) is 14.9. The summed E-state index contributed by atoms with van der Waals surface area (Å²) in [6.07, 6.45) is 9.69. The van der Waals surface area contributed by atoms with Gasteiger partial charge in [0.15, 0.2) is 0 Å². The molecule has 1 aliphatic carbocycles. The number of fused-ring (bicyclic) bond motifs is 1. The second kappa shape index (κ2) is 6.46.